The minimum absolute atomic E-state index is 0.0452. The Balaban J connectivity index is 1.29. The first kappa shape index (κ1) is 25.0. The van der Waals surface area contributed by atoms with Crippen molar-refractivity contribution in [1.29, 1.82) is 5.26 Å². The molecule has 0 saturated heterocycles. The molecule has 1 aliphatic carbocycles. The minimum atomic E-state index is -0.130. The molecule has 0 bridgehead atoms. The molecule has 38 heavy (non-hydrogen) atoms. The summed E-state index contributed by atoms with van der Waals surface area (Å²) in [6.07, 6.45) is 10.5. The van der Waals surface area contributed by atoms with Gasteiger partial charge in [0, 0.05) is 43.6 Å². The Hall–Kier alpha value is -4.71. The topological polar surface area (TPSA) is 112 Å². The van der Waals surface area contributed by atoms with Gasteiger partial charge >= 0.3 is 6.03 Å². The van der Waals surface area contributed by atoms with Gasteiger partial charge in [0.15, 0.2) is 0 Å². The van der Waals surface area contributed by atoms with Gasteiger partial charge in [0.1, 0.15) is 11.9 Å². The van der Waals surface area contributed by atoms with E-state index in [1.807, 2.05) is 66.7 Å². The van der Waals surface area contributed by atoms with Gasteiger partial charge in [-0.1, -0.05) is 30.3 Å². The van der Waals surface area contributed by atoms with E-state index in [2.05, 4.69) is 31.8 Å². The molecule has 3 aromatic heterocycles. The second-order valence-electron chi connectivity index (χ2n) is 9.51. The Morgan fingerprint density at radius 1 is 1.03 bits per heavy atom. The van der Waals surface area contributed by atoms with Crippen LogP contribution in [0.1, 0.15) is 36.8 Å². The van der Waals surface area contributed by atoms with Gasteiger partial charge in [-0.05, 0) is 55.5 Å². The molecule has 1 saturated carbocycles. The molecule has 0 radical (unpaired) electrons. The van der Waals surface area contributed by atoms with E-state index in [-0.39, 0.29) is 18.1 Å². The molecule has 9 nitrogen and oxygen atoms in total. The molecular formula is C29H30N8O. The molecule has 0 unspecified atom stereocenters. The van der Waals surface area contributed by atoms with Crippen molar-refractivity contribution in [2.45, 2.75) is 44.3 Å². The number of nitriles is 1. The third-order valence-corrected chi connectivity index (χ3v) is 6.84. The fourth-order valence-electron chi connectivity index (χ4n) is 4.84. The Bertz CT molecular complexity index is 1390. The van der Waals surface area contributed by atoms with Gasteiger partial charge in [0.25, 0.3) is 0 Å². The summed E-state index contributed by atoms with van der Waals surface area (Å²) >= 11 is 0. The predicted octanol–water partition coefficient (Wildman–Crippen LogP) is 4.89. The zero-order valence-corrected chi connectivity index (χ0v) is 21.3. The number of rotatable bonds is 7. The van der Waals surface area contributed by atoms with E-state index in [0.29, 0.717) is 12.1 Å². The molecule has 1 aliphatic rings. The molecule has 2 N–H and O–H groups in total. The molecular weight excluding hydrogens is 476 g/mol. The maximum atomic E-state index is 13.5. The van der Waals surface area contributed by atoms with Gasteiger partial charge in [0.2, 0.25) is 0 Å². The van der Waals surface area contributed by atoms with Crippen molar-refractivity contribution < 1.29 is 4.79 Å². The van der Waals surface area contributed by atoms with Gasteiger partial charge in [-0.3, -0.25) is 14.6 Å². The van der Waals surface area contributed by atoms with Crippen LogP contribution in [-0.2, 0) is 13.6 Å². The van der Waals surface area contributed by atoms with Crippen molar-refractivity contribution in [2.24, 2.45) is 7.05 Å². The zero-order chi connectivity index (χ0) is 26.3. The highest BCUT2D eigenvalue weighted by atomic mass is 16.2. The van der Waals surface area contributed by atoms with Crippen LogP contribution >= 0.6 is 0 Å². The number of nitrogens with one attached hydrogen (secondary N) is 2. The Kier molecular flexibility index (Phi) is 7.59. The van der Waals surface area contributed by atoms with Crippen molar-refractivity contribution in [2.75, 3.05) is 10.2 Å². The standard InChI is InChI=1S/C29H30N8O/c1-36-20-23(18-34-36)27-13-12-26(19-31-27)37(29(38)33-16-21-5-3-2-4-6-21)25-10-8-24(9-11-25)35-28-14-7-22(15-30)17-32-28/h2-7,12-14,17-20,24-25H,8-11,16H2,1H3,(H,32,35)(H,33,38)/t24-,25-. The van der Waals surface area contributed by atoms with Crippen molar-refractivity contribution >= 4 is 17.5 Å². The van der Waals surface area contributed by atoms with Crippen LogP contribution in [0, 0.1) is 11.3 Å². The average Bonchev–Trinajstić information content (AvgIpc) is 3.40. The van der Waals surface area contributed by atoms with Crippen molar-refractivity contribution in [3.8, 4) is 17.3 Å². The Morgan fingerprint density at radius 3 is 2.47 bits per heavy atom. The fraction of sp³-hybridized carbons (Fsp3) is 0.276. The summed E-state index contributed by atoms with van der Waals surface area (Å²) in [5.41, 5.74) is 4.11. The summed E-state index contributed by atoms with van der Waals surface area (Å²) in [5, 5.41) is 19.8. The summed E-state index contributed by atoms with van der Waals surface area (Å²) in [4.78, 5) is 24.4. The Labute approximate surface area is 222 Å². The van der Waals surface area contributed by atoms with Gasteiger partial charge in [-0.25, -0.2) is 9.78 Å². The van der Waals surface area contributed by atoms with Crippen LogP contribution in [0.15, 0.2) is 79.4 Å². The predicted molar refractivity (Wildman–Crippen MR) is 146 cm³/mol. The van der Waals surface area contributed by atoms with Gasteiger partial charge in [-0.2, -0.15) is 10.4 Å². The van der Waals surface area contributed by atoms with E-state index < -0.39 is 0 Å². The molecule has 0 atom stereocenters. The van der Waals surface area contributed by atoms with Crippen LogP contribution in [-0.4, -0.2) is 37.9 Å². The average molecular weight is 507 g/mol. The van der Waals surface area contributed by atoms with Crippen molar-refractivity contribution in [1.82, 2.24) is 25.1 Å². The number of carbonyl (C=O) groups is 1. The number of benzene rings is 1. The SMILES string of the molecule is Cn1cc(-c2ccc(N(C(=O)NCc3ccccc3)[C@H]3CC[C@H](Nc4ccc(C#N)cn4)CC3)cn2)cn1. The molecule has 1 aromatic carbocycles. The maximum absolute atomic E-state index is 13.5. The molecule has 1 fully saturated rings. The number of aryl methyl sites for hydroxylation is 1. The smallest absolute Gasteiger partial charge is 0.322 e. The molecule has 3 heterocycles. The number of nitrogens with zero attached hydrogens (tertiary/aromatic N) is 6. The lowest BCUT2D eigenvalue weighted by atomic mass is 9.90. The number of aromatic nitrogens is 4. The third-order valence-electron chi connectivity index (χ3n) is 6.84. The third kappa shape index (κ3) is 5.98. The highest BCUT2D eigenvalue weighted by molar-refractivity contribution is 5.92. The summed E-state index contributed by atoms with van der Waals surface area (Å²) in [6, 6.07) is 19.7. The van der Waals surface area contributed by atoms with Crippen LogP contribution in [0.25, 0.3) is 11.3 Å². The quantitative estimate of drug-likeness (QED) is 0.369. The van der Waals surface area contributed by atoms with Crippen LogP contribution in [0.4, 0.5) is 16.3 Å². The van der Waals surface area contributed by atoms with Crippen molar-refractivity contribution in [3.63, 3.8) is 0 Å². The maximum Gasteiger partial charge on any atom is 0.322 e. The van der Waals surface area contributed by atoms with E-state index >= 15 is 0 Å². The lowest BCUT2D eigenvalue weighted by molar-refractivity contribution is 0.240. The molecule has 2 amide bonds. The van der Waals surface area contributed by atoms with E-state index in [9.17, 15) is 4.79 Å². The van der Waals surface area contributed by atoms with Gasteiger partial charge in [0.05, 0.1) is 29.3 Å². The first-order valence-electron chi connectivity index (χ1n) is 12.8. The minimum Gasteiger partial charge on any atom is -0.367 e. The largest absolute Gasteiger partial charge is 0.367 e. The summed E-state index contributed by atoms with van der Waals surface area (Å²) in [7, 11) is 1.87. The summed E-state index contributed by atoms with van der Waals surface area (Å²) < 4.78 is 1.74. The summed E-state index contributed by atoms with van der Waals surface area (Å²) in [6.45, 7) is 0.457. The number of pyridine rings is 2. The Morgan fingerprint density at radius 2 is 1.84 bits per heavy atom. The van der Waals surface area contributed by atoms with Crippen molar-refractivity contribution in [3.05, 3.63) is 90.5 Å². The first-order valence-corrected chi connectivity index (χ1v) is 12.8. The highest BCUT2D eigenvalue weighted by Crippen LogP contribution is 2.30. The number of amides is 2. The van der Waals surface area contributed by atoms with E-state index in [4.69, 9.17) is 5.26 Å². The van der Waals surface area contributed by atoms with Crippen LogP contribution < -0.4 is 15.5 Å². The molecule has 0 aliphatic heterocycles. The lowest BCUT2D eigenvalue weighted by Gasteiger charge is -2.37. The molecule has 4 aromatic rings. The van der Waals surface area contributed by atoms with Crippen LogP contribution in [0.3, 0.4) is 0 Å². The molecule has 192 valence electrons. The van der Waals surface area contributed by atoms with E-state index in [1.165, 1.54) is 0 Å². The highest BCUT2D eigenvalue weighted by Gasteiger charge is 2.30. The number of anilines is 2. The zero-order valence-electron chi connectivity index (χ0n) is 21.3. The second kappa shape index (κ2) is 11.6. The normalized spacial score (nSPS) is 16.8. The number of hydrogen-bond donors (Lipinski definition) is 2. The molecule has 5 rings (SSSR count). The molecule has 0 spiro atoms. The molecule has 9 heteroatoms. The van der Waals surface area contributed by atoms with Gasteiger partial charge < -0.3 is 10.6 Å². The second-order valence-corrected chi connectivity index (χ2v) is 9.51. The number of hydrogen-bond acceptors (Lipinski definition) is 6. The fourth-order valence-corrected chi connectivity index (χ4v) is 4.84. The van der Waals surface area contributed by atoms with Gasteiger partial charge in [-0.15, -0.1) is 0 Å². The summed E-state index contributed by atoms with van der Waals surface area (Å²) in [5.74, 6) is 0.764. The van der Waals surface area contributed by atoms with Crippen LogP contribution in [0.5, 0.6) is 0 Å². The lowest BCUT2D eigenvalue weighted by Crippen LogP contribution is -2.48. The number of carbonyl (C=O) groups excluding carboxylic acids is 1. The monoisotopic (exact) mass is 506 g/mol. The first-order chi connectivity index (χ1) is 18.6. The van der Waals surface area contributed by atoms with Crippen LogP contribution in [0.2, 0.25) is 0 Å². The van der Waals surface area contributed by atoms with E-state index in [1.54, 1.807) is 29.3 Å². The van der Waals surface area contributed by atoms with E-state index in [0.717, 1.165) is 54.0 Å². The number of urea groups is 1.